The van der Waals surface area contributed by atoms with Crippen LogP contribution in [-0.2, 0) is 10.2 Å². The van der Waals surface area contributed by atoms with Gasteiger partial charge in [0.05, 0.1) is 5.41 Å². The zero-order valence-electron chi connectivity index (χ0n) is 19.9. The molecule has 1 saturated heterocycles. The zero-order chi connectivity index (χ0) is 22.6. The third-order valence-electron chi connectivity index (χ3n) is 7.20. The molecule has 4 nitrogen and oxygen atoms in total. The van der Waals surface area contributed by atoms with E-state index >= 15 is 0 Å². The minimum absolute atomic E-state index is 0.114. The van der Waals surface area contributed by atoms with Gasteiger partial charge in [-0.2, -0.15) is 0 Å². The van der Waals surface area contributed by atoms with Crippen LogP contribution in [0.2, 0.25) is 0 Å². The number of rotatable bonds is 7. The van der Waals surface area contributed by atoms with Gasteiger partial charge in [0.1, 0.15) is 12.4 Å². The van der Waals surface area contributed by atoms with E-state index in [2.05, 4.69) is 55.3 Å². The Kier molecular flexibility index (Phi) is 7.20. The molecule has 4 heteroatoms. The van der Waals surface area contributed by atoms with Crippen molar-refractivity contribution < 1.29 is 9.53 Å². The minimum atomic E-state index is -0.413. The van der Waals surface area contributed by atoms with Gasteiger partial charge >= 0.3 is 0 Å². The zero-order valence-corrected chi connectivity index (χ0v) is 19.9. The van der Waals surface area contributed by atoms with Gasteiger partial charge in [-0.15, -0.1) is 0 Å². The summed E-state index contributed by atoms with van der Waals surface area (Å²) in [7, 11) is 0. The van der Waals surface area contributed by atoms with Crippen molar-refractivity contribution in [2.45, 2.75) is 58.3 Å². The highest BCUT2D eigenvalue weighted by atomic mass is 16.5. The number of benzene rings is 2. The summed E-state index contributed by atoms with van der Waals surface area (Å²) in [5.41, 5.74) is 2.77. The summed E-state index contributed by atoms with van der Waals surface area (Å²) in [6.07, 6.45) is 5.36. The maximum Gasteiger partial charge on any atom is 0.235 e. The summed E-state index contributed by atoms with van der Waals surface area (Å²) in [4.78, 5) is 15.9. The molecule has 1 saturated carbocycles. The van der Waals surface area contributed by atoms with Crippen LogP contribution in [0.4, 0.5) is 5.69 Å². The van der Waals surface area contributed by atoms with Crippen molar-refractivity contribution in [3.8, 4) is 5.75 Å². The number of piperidine rings is 1. The number of nitrogens with zero attached hydrogens (tertiary/aromatic N) is 1. The average Bonchev–Trinajstić information content (AvgIpc) is 3.26. The number of hydrogen-bond donors (Lipinski definition) is 1. The van der Waals surface area contributed by atoms with Crippen molar-refractivity contribution >= 4 is 11.6 Å². The van der Waals surface area contributed by atoms with Crippen LogP contribution in [0.25, 0.3) is 0 Å². The summed E-state index contributed by atoms with van der Waals surface area (Å²) in [5, 5.41) is 3.18. The van der Waals surface area contributed by atoms with Gasteiger partial charge in [-0.05, 0) is 67.9 Å². The Bertz CT molecular complexity index is 892. The summed E-state index contributed by atoms with van der Waals surface area (Å²) in [5.74, 6) is 2.51. The lowest BCUT2D eigenvalue weighted by atomic mass is 9.77. The number of ether oxygens (including phenoxy) is 1. The molecule has 1 N–H and O–H groups in total. The Hall–Kier alpha value is -2.33. The molecule has 1 heterocycles. The van der Waals surface area contributed by atoms with E-state index < -0.39 is 5.41 Å². The standard InChI is InChI=1S/C28H38N2O2/c1-21-7-6-8-24(18-21)28(13-4-5-14-28)27(31)29-25-9-11-26(12-10-25)32-16-15-30-19-22(2)17-23(3)20-30/h6-12,18,22-23H,4-5,13-17,19-20H2,1-3H3,(H,29,31). The monoisotopic (exact) mass is 434 g/mol. The molecule has 172 valence electrons. The maximum absolute atomic E-state index is 13.4. The number of carbonyl (C=O) groups is 1. The first-order valence-corrected chi connectivity index (χ1v) is 12.3. The van der Waals surface area contributed by atoms with Crippen LogP contribution in [-0.4, -0.2) is 37.0 Å². The molecule has 1 amide bonds. The van der Waals surface area contributed by atoms with E-state index in [1.165, 1.54) is 25.1 Å². The van der Waals surface area contributed by atoms with Crippen molar-refractivity contribution in [3.63, 3.8) is 0 Å². The van der Waals surface area contributed by atoms with E-state index in [-0.39, 0.29) is 5.91 Å². The average molecular weight is 435 g/mol. The summed E-state index contributed by atoms with van der Waals surface area (Å²) >= 11 is 0. The molecular weight excluding hydrogens is 396 g/mol. The van der Waals surface area contributed by atoms with Crippen LogP contribution >= 0.6 is 0 Å². The number of nitrogens with one attached hydrogen (secondary N) is 1. The highest BCUT2D eigenvalue weighted by molar-refractivity contribution is 5.99. The van der Waals surface area contributed by atoms with Crippen LogP contribution in [0.1, 0.15) is 57.1 Å². The number of amides is 1. The smallest absolute Gasteiger partial charge is 0.235 e. The number of hydrogen-bond acceptors (Lipinski definition) is 3. The molecular formula is C28H38N2O2. The second-order valence-corrected chi connectivity index (χ2v) is 10.2. The van der Waals surface area contributed by atoms with Crippen molar-refractivity contribution in [1.82, 2.24) is 4.90 Å². The first-order valence-electron chi connectivity index (χ1n) is 12.3. The second kappa shape index (κ2) is 10.1. The van der Waals surface area contributed by atoms with Gasteiger partial charge in [-0.3, -0.25) is 9.69 Å². The van der Waals surface area contributed by atoms with Crippen LogP contribution in [0.15, 0.2) is 48.5 Å². The third-order valence-corrected chi connectivity index (χ3v) is 7.20. The number of likely N-dealkylation sites (tertiary alicyclic amines) is 1. The minimum Gasteiger partial charge on any atom is -0.492 e. The largest absolute Gasteiger partial charge is 0.492 e. The van der Waals surface area contributed by atoms with E-state index in [4.69, 9.17) is 4.74 Å². The first kappa shape index (κ1) is 22.8. The van der Waals surface area contributed by atoms with Crippen LogP contribution in [0.5, 0.6) is 5.75 Å². The summed E-state index contributed by atoms with van der Waals surface area (Å²) < 4.78 is 5.99. The van der Waals surface area contributed by atoms with E-state index in [0.29, 0.717) is 6.61 Å². The number of anilines is 1. The molecule has 2 aromatic carbocycles. The predicted octanol–water partition coefficient (Wildman–Crippen LogP) is 5.80. The molecule has 1 aliphatic carbocycles. The Balaban J connectivity index is 1.33. The molecule has 2 aliphatic rings. The summed E-state index contributed by atoms with van der Waals surface area (Å²) in [6.45, 7) is 10.8. The third kappa shape index (κ3) is 5.35. The fourth-order valence-corrected chi connectivity index (χ4v) is 5.72. The van der Waals surface area contributed by atoms with Crippen LogP contribution in [0.3, 0.4) is 0 Å². The normalized spacial score (nSPS) is 23.1. The molecule has 0 aromatic heterocycles. The molecule has 2 fully saturated rings. The second-order valence-electron chi connectivity index (χ2n) is 10.2. The molecule has 2 aromatic rings. The molecule has 32 heavy (non-hydrogen) atoms. The Morgan fingerprint density at radius 3 is 2.41 bits per heavy atom. The van der Waals surface area contributed by atoms with Gasteiger partial charge < -0.3 is 10.1 Å². The molecule has 2 unspecified atom stereocenters. The summed E-state index contributed by atoms with van der Waals surface area (Å²) in [6, 6.07) is 16.3. The van der Waals surface area contributed by atoms with E-state index in [9.17, 15) is 4.79 Å². The van der Waals surface area contributed by atoms with Gasteiger partial charge in [0.15, 0.2) is 0 Å². The SMILES string of the molecule is Cc1cccc(C2(C(=O)Nc3ccc(OCCN4CC(C)CC(C)C4)cc3)CCCC2)c1. The molecule has 0 radical (unpaired) electrons. The number of aryl methyl sites for hydroxylation is 1. The fraction of sp³-hybridized carbons (Fsp3) is 0.536. The molecule has 0 spiro atoms. The van der Waals surface area contributed by atoms with Crippen molar-refractivity contribution in [2.24, 2.45) is 11.8 Å². The lowest BCUT2D eigenvalue weighted by Gasteiger charge is -2.34. The Labute approximate surface area is 193 Å². The topological polar surface area (TPSA) is 41.6 Å². The van der Waals surface area contributed by atoms with E-state index in [1.807, 2.05) is 24.3 Å². The number of carbonyl (C=O) groups excluding carboxylic acids is 1. The van der Waals surface area contributed by atoms with E-state index in [0.717, 1.165) is 61.1 Å². The van der Waals surface area contributed by atoms with Gasteiger partial charge in [0.25, 0.3) is 0 Å². The first-order chi connectivity index (χ1) is 15.4. The lowest BCUT2D eigenvalue weighted by Crippen LogP contribution is -2.40. The van der Waals surface area contributed by atoms with Gasteiger partial charge in [0.2, 0.25) is 5.91 Å². The van der Waals surface area contributed by atoms with Crippen molar-refractivity contribution in [2.75, 3.05) is 31.6 Å². The Morgan fingerprint density at radius 1 is 1.06 bits per heavy atom. The lowest BCUT2D eigenvalue weighted by molar-refractivity contribution is -0.121. The highest BCUT2D eigenvalue weighted by Gasteiger charge is 2.42. The molecule has 0 bridgehead atoms. The van der Waals surface area contributed by atoms with Crippen molar-refractivity contribution in [3.05, 3.63) is 59.7 Å². The van der Waals surface area contributed by atoms with Gasteiger partial charge in [-0.25, -0.2) is 0 Å². The van der Waals surface area contributed by atoms with Crippen molar-refractivity contribution in [1.29, 1.82) is 0 Å². The fourth-order valence-electron chi connectivity index (χ4n) is 5.72. The quantitative estimate of drug-likeness (QED) is 0.599. The maximum atomic E-state index is 13.4. The van der Waals surface area contributed by atoms with Crippen LogP contribution in [0, 0.1) is 18.8 Å². The van der Waals surface area contributed by atoms with E-state index in [1.54, 1.807) is 0 Å². The van der Waals surface area contributed by atoms with Gasteiger partial charge in [-0.1, -0.05) is 56.5 Å². The van der Waals surface area contributed by atoms with Crippen LogP contribution < -0.4 is 10.1 Å². The highest BCUT2D eigenvalue weighted by Crippen LogP contribution is 2.42. The predicted molar refractivity (Wildman–Crippen MR) is 131 cm³/mol. The molecule has 1 aliphatic heterocycles. The molecule has 4 rings (SSSR count). The molecule has 2 atom stereocenters. The van der Waals surface area contributed by atoms with Gasteiger partial charge in [0, 0.05) is 25.3 Å². The Morgan fingerprint density at radius 2 is 1.75 bits per heavy atom.